The fraction of sp³-hybridized carbons (Fsp3) is 0.409. The number of carbonyl (C=O) groups excluding carboxylic acids is 1. The Morgan fingerprint density at radius 3 is 2.14 bits per heavy atom. The summed E-state index contributed by atoms with van der Waals surface area (Å²) in [6.07, 6.45) is 0. The van der Waals surface area contributed by atoms with Crippen LogP contribution < -0.4 is 9.62 Å². The van der Waals surface area contributed by atoms with Crippen LogP contribution in [0, 0.1) is 18.8 Å². The van der Waals surface area contributed by atoms with E-state index in [1.54, 1.807) is 36.4 Å². The molecule has 0 spiro atoms. The van der Waals surface area contributed by atoms with Gasteiger partial charge in [0.15, 0.2) is 0 Å². The average Bonchev–Trinajstić information content (AvgIpc) is 2.66. The van der Waals surface area contributed by atoms with E-state index in [2.05, 4.69) is 5.32 Å². The number of aryl methyl sites for hydroxylation is 1. The van der Waals surface area contributed by atoms with Crippen LogP contribution in [0.3, 0.4) is 0 Å². The number of carbonyl (C=O) groups is 1. The monoisotopic (exact) mass is 436 g/mol. The highest BCUT2D eigenvalue weighted by molar-refractivity contribution is 7.92. The Hall–Kier alpha value is -2.05. The van der Waals surface area contributed by atoms with Crippen LogP contribution in [0.2, 0.25) is 5.02 Å². The Labute approximate surface area is 179 Å². The zero-order valence-corrected chi connectivity index (χ0v) is 19.1. The lowest BCUT2D eigenvalue weighted by Crippen LogP contribution is -2.47. The van der Waals surface area contributed by atoms with Crippen molar-refractivity contribution in [2.45, 2.75) is 45.6 Å². The summed E-state index contributed by atoms with van der Waals surface area (Å²) >= 11 is 6.24. The van der Waals surface area contributed by atoms with Crippen molar-refractivity contribution in [1.82, 2.24) is 5.32 Å². The van der Waals surface area contributed by atoms with Crippen LogP contribution in [0.4, 0.5) is 5.69 Å². The molecule has 2 rings (SSSR count). The number of hydrogen-bond donors (Lipinski definition) is 1. The number of sulfonamides is 1. The SMILES string of the molecule is Cc1ccc(N(CC(=O)NC(C(C)C)C(C)C)S(=O)(=O)c2ccccc2)cc1Cl. The van der Waals surface area contributed by atoms with Crippen molar-refractivity contribution in [2.24, 2.45) is 11.8 Å². The van der Waals surface area contributed by atoms with Gasteiger partial charge < -0.3 is 5.32 Å². The number of anilines is 1. The Bertz CT molecular complexity index is 936. The quantitative estimate of drug-likeness (QED) is 0.655. The van der Waals surface area contributed by atoms with Crippen LogP contribution >= 0.6 is 11.6 Å². The molecule has 7 heteroatoms. The number of halogens is 1. The molecule has 0 unspecified atom stereocenters. The second kappa shape index (κ2) is 9.63. The van der Waals surface area contributed by atoms with Crippen molar-refractivity contribution in [2.75, 3.05) is 10.8 Å². The highest BCUT2D eigenvalue weighted by Crippen LogP contribution is 2.28. The van der Waals surface area contributed by atoms with Crippen molar-refractivity contribution in [1.29, 1.82) is 0 Å². The first-order valence-corrected chi connectivity index (χ1v) is 11.5. The average molecular weight is 437 g/mol. The van der Waals surface area contributed by atoms with Gasteiger partial charge in [-0.05, 0) is 48.6 Å². The van der Waals surface area contributed by atoms with Gasteiger partial charge in [0, 0.05) is 11.1 Å². The van der Waals surface area contributed by atoms with Crippen LogP contribution in [0.5, 0.6) is 0 Å². The molecule has 0 aliphatic heterocycles. The molecule has 158 valence electrons. The molecule has 0 aliphatic rings. The normalized spacial score (nSPS) is 11.9. The van der Waals surface area contributed by atoms with Crippen molar-refractivity contribution in [3.8, 4) is 0 Å². The molecule has 0 saturated carbocycles. The van der Waals surface area contributed by atoms with E-state index in [1.165, 1.54) is 12.1 Å². The van der Waals surface area contributed by atoms with Gasteiger partial charge in [0.05, 0.1) is 10.6 Å². The van der Waals surface area contributed by atoms with Crippen molar-refractivity contribution in [3.05, 3.63) is 59.1 Å². The van der Waals surface area contributed by atoms with Crippen LogP contribution in [0.15, 0.2) is 53.4 Å². The maximum atomic E-state index is 13.3. The fourth-order valence-corrected chi connectivity index (χ4v) is 4.85. The smallest absolute Gasteiger partial charge is 0.264 e. The van der Waals surface area contributed by atoms with E-state index in [4.69, 9.17) is 11.6 Å². The summed E-state index contributed by atoms with van der Waals surface area (Å²) in [5.74, 6) is 0.104. The molecule has 0 aromatic heterocycles. The van der Waals surface area contributed by atoms with E-state index < -0.39 is 10.0 Å². The van der Waals surface area contributed by atoms with E-state index in [0.717, 1.165) is 9.87 Å². The number of amides is 1. The molecule has 0 saturated heterocycles. The molecule has 0 bridgehead atoms. The first kappa shape index (κ1) is 23.2. The topological polar surface area (TPSA) is 66.5 Å². The molecule has 1 amide bonds. The Kier molecular flexibility index (Phi) is 7.72. The zero-order valence-electron chi connectivity index (χ0n) is 17.5. The lowest BCUT2D eigenvalue weighted by Gasteiger charge is -2.29. The molecule has 2 aromatic rings. The molecule has 0 heterocycles. The predicted octanol–water partition coefficient (Wildman–Crippen LogP) is 4.64. The van der Waals surface area contributed by atoms with Gasteiger partial charge >= 0.3 is 0 Å². The van der Waals surface area contributed by atoms with Gasteiger partial charge in [-0.15, -0.1) is 0 Å². The standard InChI is InChI=1S/C22H29ClN2O3S/c1-15(2)22(16(3)4)24-21(26)14-25(18-12-11-17(5)20(23)13-18)29(27,28)19-9-7-6-8-10-19/h6-13,15-16,22H,14H2,1-5H3,(H,24,26). The van der Waals surface area contributed by atoms with Gasteiger partial charge in [0.1, 0.15) is 6.54 Å². The largest absolute Gasteiger partial charge is 0.351 e. The van der Waals surface area contributed by atoms with Crippen molar-refractivity contribution < 1.29 is 13.2 Å². The summed E-state index contributed by atoms with van der Waals surface area (Å²) in [5.41, 5.74) is 1.18. The molecule has 29 heavy (non-hydrogen) atoms. The van der Waals surface area contributed by atoms with Crippen molar-refractivity contribution in [3.63, 3.8) is 0 Å². The second-order valence-electron chi connectivity index (χ2n) is 7.84. The van der Waals surface area contributed by atoms with Gasteiger partial charge in [-0.25, -0.2) is 8.42 Å². The van der Waals surface area contributed by atoms with Crippen LogP contribution in [0.25, 0.3) is 0 Å². The van der Waals surface area contributed by atoms with Gasteiger partial charge in [-0.1, -0.05) is 63.6 Å². The Morgan fingerprint density at radius 1 is 1.03 bits per heavy atom. The van der Waals surface area contributed by atoms with E-state index in [-0.39, 0.29) is 35.2 Å². The van der Waals surface area contributed by atoms with Crippen LogP contribution in [-0.2, 0) is 14.8 Å². The minimum atomic E-state index is -3.94. The maximum Gasteiger partial charge on any atom is 0.264 e. The number of nitrogens with one attached hydrogen (secondary N) is 1. The number of nitrogens with zero attached hydrogens (tertiary/aromatic N) is 1. The lowest BCUT2D eigenvalue weighted by atomic mass is 9.93. The third-order valence-electron chi connectivity index (χ3n) is 4.83. The molecule has 0 radical (unpaired) electrons. The lowest BCUT2D eigenvalue weighted by molar-refractivity contribution is -0.121. The highest BCUT2D eigenvalue weighted by atomic mass is 35.5. The third-order valence-corrected chi connectivity index (χ3v) is 7.02. The minimum Gasteiger partial charge on any atom is -0.351 e. The van der Waals surface area contributed by atoms with E-state index in [9.17, 15) is 13.2 Å². The maximum absolute atomic E-state index is 13.3. The van der Waals surface area contributed by atoms with Crippen molar-refractivity contribution >= 4 is 33.2 Å². The number of hydrogen-bond acceptors (Lipinski definition) is 3. The second-order valence-corrected chi connectivity index (χ2v) is 10.1. The third kappa shape index (κ3) is 5.73. The van der Waals surface area contributed by atoms with Gasteiger partial charge in [0.2, 0.25) is 5.91 Å². The van der Waals surface area contributed by atoms with E-state index >= 15 is 0 Å². The molecule has 0 aliphatic carbocycles. The first-order valence-electron chi connectivity index (χ1n) is 9.67. The molecular weight excluding hydrogens is 408 g/mol. The van der Waals surface area contributed by atoms with Gasteiger partial charge in [-0.2, -0.15) is 0 Å². The molecular formula is C22H29ClN2O3S. The molecule has 0 atom stereocenters. The zero-order chi connectivity index (χ0) is 21.8. The highest BCUT2D eigenvalue weighted by Gasteiger charge is 2.29. The first-order chi connectivity index (χ1) is 13.5. The summed E-state index contributed by atoms with van der Waals surface area (Å²) in [7, 11) is -3.94. The molecule has 0 fully saturated rings. The fourth-order valence-electron chi connectivity index (χ4n) is 3.24. The molecule has 1 N–H and O–H groups in total. The Morgan fingerprint density at radius 2 is 1.62 bits per heavy atom. The summed E-state index contributed by atoms with van der Waals surface area (Å²) in [5, 5.41) is 3.43. The summed E-state index contributed by atoms with van der Waals surface area (Å²) in [6.45, 7) is 9.63. The summed E-state index contributed by atoms with van der Waals surface area (Å²) in [4.78, 5) is 12.9. The van der Waals surface area contributed by atoms with Crippen LogP contribution in [0.1, 0.15) is 33.3 Å². The Balaban J connectivity index is 2.42. The van der Waals surface area contributed by atoms with E-state index in [0.29, 0.717) is 10.7 Å². The summed E-state index contributed by atoms with van der Waals surface area (Å²) < 4.78 is 27.8. The van der Waals surface area contributed by atoms with E-state index in [1.807, 2.05) is 34.6 Å². The molecule has 2 aromatic carbocycles. The van der Waals surface area contributed by atoms with Crippen LogP contribution in [-0.4, -0.2) is 26.9 Å². The number of benzene rings is 2. The minimum absolute atomic E-state index is 0.0506. The number of rotatable bonds is 8. The van der Waals surface area contributed by atoms with Gasteiger partial charge in [0.25, 0.3) is 10.0 Å². The predicted molar refractivity (Wildman–Crippen MR) is 119 cm³/mol. The van der Waals surface area contributed by atoms with Gasteiger partial charge in [-0.3, -0.25) is 9.10 Å². The summed E-state index contributed by atoms with van der Waals surface area (Å²) in [6, 6.07) is 13.0. The molecule has 5 nitrogen and oxygen atoms in total.